The Morgan fingerprint density at radius 3 is 2.41 bits per heavy atom. The van der Waals surface area contributed by atoms with E-state index in [-0.39, 0.29) is 0 Å². The number of nitrogens with zero attached hydrogens (tertiary/aromatic N) is 1. The van der Waals surface area contributed by atoms with Crippen LogP contribution in [0, 0.1) is 0 Å². The zero-order valence-electron chi connectivity index (χ0n) is 15.5. The van der Waals surface area contributed by atoms with Crippen molar-refractivity contribution in [3.8, 4) is 23.0 Å². The van der Waals surface area contributed by atoms with E-state index in [4.69, 9.17) is 18.9 Å². The summed E-state index contributed by atoms with van der Waals surface area (Å²) in [5, 5.41) is 3.98. The molecule has 0 saturated carbocycles. The largest absolute Gasteiger partial charge is 0.493 e. The summed E-state index contributed by atoms with van der Waals surface area (Å²) in [5.41, 5.74) is 3.57. The molecule has 0 bridgehead atoms. The van der Waals surface area contributed by atoms with Gasteiger partial charge in [0.05, 0.1) is 27.5 Å². The Morgan fingerprint density at radius 1 is 1.11 bits per heavy atom. The van der Waals surface area contributed by atoms with Gasteiger partial charge in [0.25, 0.3) is 5.91 Å². The summed E-state index contributed by atoms with van der Waals surface area (Å²) in [5.74, 6) is 1.46. The lowest BCUT2D eigenvalue weighted by atomic mass is 10.1. The van der Waals surface area contributed by atoms with Crippen molar-refractivity contribution in [3.05, 3.63) is 60.2 Å². The Hall–Kier alpha value is -3.48. The number of amides is 1. The first-order valence-corrected chi connectivity index (χ1v) is 8.10. The Balaban J connectivity index is 2.11. The topological polar surface area (TPSA) is 78.4 Å². The summed E-state index contributed by atoms with van der Waals surface area (Å²) in [4.78, 5) is 12.4. The average Bonchev–Trinajstić information content (AvgIpc) is 2.71. The maximum Gasteiger partial charge on any atom is 0.271 e. The Kier molecular flexibility index (Phi) is 7.25. The first-order chi connectivity index (χ1) is 13.1. The number of rotatable bonds is 9. The fraction of sp³-hybridized carbons (Fsp3) is 0.200. The second kappa shape index (κ2) is 9.86. The molecule has 0 radical (unpaired) electrons. The van der Waals surface area contributed by atoms with Gasteiger partial charge in [-0.1, -0.05) is 24.8 Å². The number of carbonyl (C=O) groups excluding carboxylic acids is 1. The number of ether oxygens (including phenoxy) is 4. The third-order valence-electron chi connectivity index (χ3n) is 3.53. The highest BCUT2D eigenvalue weighted by Crippen LogP contribution is 2.38. The van der Waals surface area contributed by atoms with Gasteiger partial charge in [-0.2, -0.15) is 5.10 Å². The van der Waals surface area contributed by atoms with Crippen LogP contribution in [-0.4, -0.2) is 40.1 Å². The van der Waals surface area contributed by atoms with Crippen molar-refractivity contribution in [2.24, 2.45) is 5.10 Å². The second-order valence-electron chi connectivity index (χ2n) is 5.29. The van der Waals surface area contributed by atoms with Crippen LogP contribution in [0.2, 0.25) is 0 Å². The monoisotopic (exact) mass is 370 g/mol. The van der Waals surface area contributed by atoms with Gasteiger partial charge in [-0.25, -0.2) is 5.43 Å². The van der Waals surface area contributed by atoms with Gasteiger partial charge < -0.3 is 18.9 Å². The third kappa shape index (κ3) is 5.24. The van der Waals surface area contributed by atoms with Crippen LogP contribution in [0.25, 0.3) is 0 Å². The lowest BCUT2D eigenvalue weighted by molar-refractivity contribution is 0.0954. The molecule has 0 fully saturated rings. The van der Waals surface area contributed by atoms with Crippen LogP contribution in [0.5, 0.6) is 23.0 Å². The lowest BCUT2D eigenvalue weighted by Gasteiger charge is -2.13. The first-order valence-electron chi connectivity index (χ1n) is 8.10. The van der Waals surface area contributed by atoms with Crippen molar-refractivity contribution < 1.29 is 23.7 Å². The van der Waals surface area contributed by atoms with Crippen molar-refractivity contribution in [1.29, 1.82) is 0 Å². The zero-order valence-corrected chi connectivity index (χ0v) is 15.5. The zero-order chi connectivity index (χ0) is 19.6. The molecule has 2 aromatic carbocycles. The van der Waals surface area contributed by atoms with Crippen molar-refractivity contribution in [1.82, 2.24) is 5.43 Å². The van der Waals surface area contributed by atoms with Gasteiger partial charge in [0.1, 0.15) is 12.4 Å². The van der Waals surface area contributed by atoms with E-state index in [2.05, 4.69) is 17.1 Å². The number of hydrogen-bond acceptors (Lipinski definition) is 6. The van der Waals surface area contributed by atoms with E-state index in [0.29, 0.717) is 35.2 Å². The smallest absolute Gasteiger partial charge is 0.271 e. The molecule has 1 N–H and O–H groups in total. The van der Waals surface area contributed by atoms with Gasteiger partial charge >= 0.3 is 0 Å². The Morgan fingerprint density at radius 2 is 1.81 bits per heavy atom. The van der Waals surface area contributed by atoms with E-state index in [9.17, 15) is 4.79 Å². The van der Waals surface area contributed by atoms with E-state index in [1.54, 1.807) is 24.3 Å². The van der Waals surface area contributed by atoms with Crippen LogP contribution in [0.3, 0.4) is 0 Å². The quantitative estimate of drug-likeness (QED) is 0.417. The normalized spacial score (nSPS) is 10.3. The molecular weight excluding hydrogens is 348 g/mol. The Bertz CT molecular complexity index is 808. The van der Waals surface area contributed by atoms with Crippen LogP contribution in [0.15, 0.2) is 54.2 Å². The maximum atomic E-state index is 12.4. The first kappa shape index (κ1) is 19.8. The summed E-state index contributed by atoms with van der Waals surface area (Å²) in [7, 11) is 4.47. The summed E-state index contributed by atoms with van der Waals surface area (Å²) < 4.78 is 21.2. The van der Waals surface area contributed by atoms with Crippen LogP contribution in [0.1, 0.15) is 15.9 Å². The molecule has 2 rings (SSSR count). The van der Waals surface area contributed by atoms with Gasteiger partial charge in [0, 0.05) is 5.56 Å². The van der Waals surface area contributed by atoms with Gasteiger partial charge in [-0.05, 0) is 29.8 Å². The van der Waals surface area contributed by atoms with E-state index in [0.717, 1.165) is 5.56 Å². The van der Waals surface area contributed by atoms with Crippen molar-refractivity contribution >= 4 is 12.1 Å². The van der Waals surface area contributed by atoms with Gasteiger partial charge in [0.15, 0.2) is 11.5 Å². The number of benzene rings is 2. The van der Waals surface area contributed by atoms with Crippen molar-refractivity contribution in [2.75, 3.05) is 27.9 Å². The van der Waals surface area contributed by atoms with Crippen molar-refractivity contribution in [2.45, 2.75) is 0 Å². The highest BCUT2D eigenvalue weighted by molar-refractivity contribution is 5.96. The molecule has 2 aromatic rings. The molecule has 0 aliphatic carbocycles. The molecule has 0 aliphatic rings. The summed E-state index contributed by atoms with van der Waals surface area (Å²) in [6.45, 7) is 4.02. The summed E-state index contributed by atoms with van der Waals surface area (Å²) in [6.07, 6.45) is 3.19. The van der Waals surface area contributed by atoms with E-state index in [1.807, 2.05) is 18.2 Å². The maximum absolute atomic E-state index is 12.4. The number of nitrogens with one attached hydrogen (secondary N) is 1. The van der Waals surface area contributed by atoms with Crippen LogP contribution in [-0.2, 0) is 0 Å². The Labute approximate surface area is 158 Å². The number of hydrazone groups is 1. The van der Waals surface area contributed by atoms with Crippen molar-refractivity contribution in [3.63, 3.8) is 0 Å². The molecule has 0 heterocycles. The van der Waals surface area contributed by atoms with Gasteiger partial charge in [0.2, 0.25) is 5.75 Å². The van der Waals surface area contributed by atoms with Gasteiger partial charge in [-0.3, -0.25) is 4.79 Å². The van der Waals surface area contributed by atoms with Gasteiger partial charge in [-0.15, -0.1) is 0 Å². The molecule has 7 nitrogen and oxygen atoms in total. The molecule has 0 spiro atoms. The SMILES string of the molecule is C=CCOc1cccc(/C=N\NC(=O)c2cc(OC)c(OC)c(OC)c2)c1. The molecule has 142 valence electrons. The van der Waals surface area contributed by atoms with E-state index >= 15 is 0 Å². The van der Waals surface area contributed by atoms with E-state index < -0.39 is 5.91 Å². The third-order valence-corrected chi connectivity index (χ3v) is 3.53. The van der Waals surface area contributed by atoms with Crippen LogP contribution in [0.4, 0.5) is 0 Å². The molecule has 27 heavy (non-hydrogen) atoms. The van der Waals surface area contributed by atoms with E-state index in [1.165, 1.54) is 27.5 Å². The molecule has 0 atom stereocenters. The second-order valence-corrected chi connectivity index (χ2v) is 5.29. The minimum absolute atomic E-state index is 0.324. The minimum atomic E-state index is -0.412. The number of carbonyl (C=O) groups is 1. The molecule has 0 aliphatic heterocycles. The molecule has 0 unspecified atom stereocenters. The average molecular weight is 370 g/mol. The molecule has 7 heteroatoms. The minimum Gasteiger partial charge on any atom is -0.493 e. The molecular formula is C20H22N2O5. The standard InChI is InChI=1S/C20H22N2O5/c1-5-9-27-16-8-6-7-14(10-16)13-21-22-20(23)15-11-17(24-2)19(26-4)18(12-15)25-3/h5-8,10-13H,1,9H2,2-4H3,(H,22,23)/b21-13-. The molecule has 0 saturated heterocycles. The lowest BCUT2D eigenvalue weighted by Crippen LogP contribution is -2.18. The summed E-state index contributed by atoms with van der Waals surface area (Å²) in [6, 6.07) is 10.4. The highest BCUT2D eigenvalue weighted by atomic mass is 16.5. The summed E-state index contributed by atoms with van der Waals surface area (Å²) >= 11 is 0. The van der Waals surface area contributed by atoms with Crippen LogP contribution < -0.4 is 24.4 Å². The predicted molar refractivity (Wildman–Crippen MR) is 103 cm³/mol. The number of hydrogen-bond donors (Lipinski definition) is 1. The van der Waals surface area contributed by atoms with Crippen LogP contribution >= 0.6 is 0 Å². The fourth-order valence-electron chi connectivity index (χ4n) is 2.28. The fourth-order valence-corrected chi connectivity index (χ4v) is 2.28. The molecule has 0 aromatic heterocycles. The predicted octanol–water partition coefficient (Wildman–Crippen LogP) is 3.04. The molecule has 1 amide bonds. The number of methoxy groups -OCH3 is 3. The highest BCUT2D eigenvalue weighted by Gasteiger charge is 2.16.